The van der Waals surface area contributed by atoms with Crippen molar-refractivity contribution in [3.63, 3.8) is 0 Å². The number of esters is 1. The Morgan fingerprint density at radius 2 is 1.62 bits per heavy atom. The number of carbonyl (C=O) groups excluding carboxylic acids is 2. The van der Waals surface area contributed by atoms with Gasteiger partial charge in [-0.25, -0.2) is 10.2 Å². The predicted octanol–water partition coefficient (Wildman–Crippen LogP) is 6.89. The highest BCUT2D eigenvalue weighted by atomic mass is 79.9. The Morgan fingerprint density at radius 1 is 0.892 bits per heavy atom. The second-order valence-corrected chi connectivity index (χ2v) is 9.25. The molecule has 0 bridgehead atoms. The molecule has 0 aliphatic carbocycles. The van der Waals surface area contributed by atoms with E-state index in [1.165, 1.54) is 6.21 Å². The SMILES string of the molecule is Cc1ccc(C(=O)Oc2ccccc2C=NNC(=O)c2[nH]c3c(Br)cccc3c2-c2ccccc2)cc1. The summed E-state index contributed by atoms with van der Waals surface area (Å²) in [6.07, 6.45) is 1.45. The molecule has 0 unspecified atom stereocenters. The van der Waals surface area contributed by atoms with Crippen LogP contribution >= 0.6 is 15.9 Å². The van der Waals surface area contributed by atoms with Crippen molar-refractivity contribution in [2.24, 2.45) is 5.10 Å². The number of aromatic nitrogens is 1. The molecule has 1 aromatic heterocycles. The van der Waals surface area contributed by atoms with Gasteiger partial charge in [-0.15, -0.1) is 0 Å². The molecular weight excluding hydrogens is 530 g/mol. The number of rotatable bonds is 6. The first-order chi connectivity index (χ1) is 18.0. The lowest BCUT2D eigenvalue weighted by Gasteiger charge is -2.08. The summed E-state index contributed by atoms with van der Waals surface area (Å²) < 4.78 is 6.44. The van der Waals surface area contributed by atoms with Crippen LogP contribution in [-0.2, 0) is 0 Å². The summed E-state index contributed by atoms with van der Waals surface area (Å²) in [6.45, 7) is 1.95. The third-order valence-electron chi connectivity index (χ3n) is 5.85. The van der Waals surface area contributed by atoms with Gasteiger partial charge in [-0.1, -0.05) is 72.3 Å². The van der Waals surface area contributed by atoms with E-state index in [-0.39, 0.29) is 0 Å². The predicted molar refractivity (Wildman–Crippen MR) is 149 cm³/mol. The fraction of sp³-hybridized carbons (Fsp3) is 0.0333. The molecule has 0 aliphatic heterocycles. The minimum absolute atomic E-state index is 0.339. The highest BCUT2D eigenvalue weighted by Crippen LogP contribution is 2.35. The fourth-order valence-corrected chi connectivity index (χ4v) is 4.47. The lowest BCUT2D eigenvalue weighted by Crippen LogP contribution is -2.19. The Labute approximate surface area is 222 Å². The first kappa shape index (κ1) is 24.2. The number of benzene rings is 4. The van der Waals surface area contributed by atoms with Crippen LogP contribution in [0, 0.1) is 6.92 Å². The number of fused-ring (bicyclic) bond motifs is 1. The maximum atomic E-state index is 13.2. The Hall–Kier alpha value is -4.49. The number of H-pyrrole nitrogens is 1. The van der Waals surface area contributed by atoms with E-state index in [1.807, 2.05) is 67.6 Å². The van der Waals surface area contributed by atoms with Crippen molar-refractivity contribution >= 4 is 44.9 Å². The van der Waals surface area contributed by atoms with Gasteiger partial charge in [0.05, 0.1) is 17.3 Å². The van der Waals surface area contributed by atoms with Gasteiger partial charge in [0.1, 0.15) is 11.4 Å². The molecule has 4 aromatic carbocycles. The van der Waals surface area contributed by atoms with Crippen LogP contribution in [0.3, 0.4) is 0 Å². The number of nitrogens with zero attached hydrogens (tertiary/aromatic N) is 1. The molecule has 0 spiro atoms. The van der Waals surface area contributed by atoms with Gasteiger partial charge in [0.25, 0.3) is 5.91 Å². The number of nitrogens with one attached hydrogen (secondary N) is 2. The van der Waals surface area contributed by atoms with Crippen LogP contribution in [0.4, 0.5) is 0 Å². The van der Waals surface area contributed by atoms with E-state index in [9.17, 15) is 9.59 Å². The largest absolute Gasteiger partial charge is 0.422 e. The third kappa shape index (κ3) is 5.22. The Kier molecular flexibility index (Phi) is 6.96. The number of carbonyl (C=O) groups is 2. The maximum Gasteiger partial charge on any atom is 0.343 e. The van der Waals surface area contributed by atoms with Crippen molar-refractivity contribution in [2.45, 2.75) is 6.92 Å². The monoisotopic (exact) mass is 551 g/mol. The van der Waals surface area contributed by atoms with Gasteiger partial charge in [-0.2, -0.15) is 5.10 Å². The van der Waals surface area contributed by atoms with Gasteiger partial charge in [0.2, 0.25) is 0 Å². The molecule has 0 saturated carbocycles. The summed E-state index contributed by atoms with van der Waals surface area (Å²) in [5, 5.41) is 5.07. The van der Waals surface area contributed by atoms with E-state index in [0.717, 1.165) is 32.1 Å². The summed E-state index contributed by atoms with van der Waals surface area (Å²) in [7, 11) is 0. The minimum atomic E-state index is -0.471. The zero-order chi connectivity index (χ0) is 25.8. The summed E-state index contributed by atoms with van der Waals surface area (Å²) >= 11 is 3.56. The molecule has 6 nitrogen and oxygen atoms in total. The van der Waals surface area contributed by atoms with Crippen LogP contribution in [0.5, 0.6) is 5.75 Å². The second-order valence-electron chi connectivity index (χ2n) is 8.40. The lowest BCUT2D eigenvalue weighted by molar-refractivity contribution is 0.0734. The van der Waals surface area contributed by atoms with E-state index in [1.54, 1.807) is 36.4 Å². The normalized spacial score (nSPS) is 11.1. The quantitative estimate of drug-likeness (QED) is 0.104. The first-order valence-electron chi connectivity index (χ1n) is 11.6. The molecule has 2 N–H and O–H groups in total. The number of aromatic amines is 1. The first-order valence-corrected chi connectivity index (χ1v) is 12.4. The Balaban J connectivity index is 1.39. The molecule has 0 radical (unpaired) electrons. The molecule has 0 fully saturated rings. The summed E-state index contributed by atoms with van der Waals surface area (Å²) in [6, 6.07) is 29.7. The van der Waals surface area contributed by atoms with Crippen LogP contribution in [0.1, 0.15) is 32.0 Å². The smallest absolute Gasteiger partial charge is 0.343 e. The molecule has 182 valence electrons. The summed E-state index contributed by atoms with van der Waals surface area (Å²) in [5.74, 6) is -0.529. The number of amides is 1. The van der Waals surface area contributed by atoms with E-state index in [2.05, 4.69) is 31.4 Å². The van der Waals surface area contributed by atoms with Crippen molar-refractivity contribution in [3.8, 4) is 16.9 Å². The van der Waals surface area contributed by atoms with Crippen LogP contribution in [0.2, 0.25) is 0 Å². The van der Waals surface area contributed by atoms with E-state index in [4.69, 9.17) is 4.74 Å². The van der Waals surface area contributed by atoms with E-state index >= 15 is 0 Å². The summed E-state index contributed by atoms with van der Waals surface area (Å²) in [4.78, 5) is 29.1. The number of hydrogen-bond donors (Lipinski definition) is 2. The number of aryl methyl sites for hydroxylation is 1. The average Bonchev–Trinajstić information content (AvgIpc) is 3.31. The van der Waals surface area contributed by atoms with Crippen molar-refractivity contribution in [2.75, 3.05) is 0 Å². The number of para-hydroxylation sites is 2. The fourth-order valence-electron chi connectivity index (χ4n) is 4.00. The standard InChI is InChI=1S/C30H22BrN3O3/c1-19-14-16-21(17-15-19)30(36)37-25-13-6-5-10-22(25)18-32-34-29(35)28-26(20-8-3-2-4-9-20)23-11-7-12-24(31)27(23)33-28/h2-18,33H,1H3,(H,34,35). The van der Waals surface area contributed by atoms with Crippen molar-refractivity contribution in [3.05, 3.63) is 124 Å². The third-order valence-corrected chi connectivity index (χ3v) is 6.51. The molecule has 1 heterocycles. The Bertz CT molecular complexity index is 1620. The molecule has 0 atom stereocenters. The topological polar surface area (TPSA) is 83.5 Å². The van der Waals surface area contributed by atoms with Crippen molar-refractivity contribution in [1.29, 1.82) is 0 Å². The number of halogens is 1. The van der Waals surface area contributed by atoms with Gasteiger partial charge < -0.3 is 9.72 Å². The van der Waals surface area contributed by atoms with Gasteiger partial charge in [0, 0.05) is 21.0 Å². The number of hydrogen-bond acceptors (Lipinski definition) is 4. The highest BCUT2D eigenvalue weighted by molar-refractivity contribution is 9.10. The average molecular weight is 552 g/mol. The second kappa shape index (κ2) is 10.6. The van der Waals surface area contributed by atoms with E-state index in [0.29, 0.717) is 22.6 Å². The molecule has 5 aromatic rings. The van der Waals surface area contributed by atoms with Crippen molar-refractivity contribution < 1.29 is 14.3 Å². The van der Waals surface area contributed by atoms with Crippen LogP contribution in [-0.4, -0.2) is 23.1 Å². The Morgan fingerprint density at radius 3 is 2.41 bits per heavy atom. The molecule has 37 heavy (non-hydrogen) atoms. The van der Waals surface area contributed by atoms with Gasteiger partial charge in [-0.05, 0) is 58.7 Å². The molecule has 1 amide bonds. The molecule has 0 aliphatic rings. The highest BCUT2D eigenvalue weighted by Gasteiger charge is 2.20. The van der Waals surface area contributed by atoms with Crippen LogP contribution < -0.4 is 10.2 Å². The zero-order valence-corrected chi connectivity index (χ0v) is 21.5. The van der Waals surface area contributed by atoms with Gasteiger partial charge >= 0.3 is 5.97 Å². The molecular formula is C30H22BrN3O3. The molecule has 7 heteroatoms. The van der Waals surface area contributed by atoms with E-state index < -0.39 is 11.9 Å². The summed E-state index contributed by atoms with van der Waals surface area (Å²) in [5.41, 5.74) is 7.56. The maximum absolute atomic E-state index is 13.2. The van der Waals surface area contributed by atoms with Gasteiger partial charge in [0.15, 0.2) is 0 Å². The number of ether oxygens (including phenoxy) is 1. The van der Waals surface area contributed by atoms with Gasteiger partial charge in [-0.3, -0.25) is 4.79 Å². The molecule has 0 saturated heterocycles. The van der Waals surface area contributed by atoms with Crippen molar-refractivity contribution in [1.82, 2.24) is 10.4 Å². The minimum Gasteiger partial charge on any atom is -0.422 e. The van der Waals surface area contributed by atoms with Crippen LogP contribution in [0.25, 0.3) is 22.0 Å². The zero-order valence-electron chi connectivity index (χ0n) is 19.9. The number of hydrazone groups is 1. The molecule has 5 rings (SSSR count). The van der Waals surface area contributed by atoms with Crippen LogP contribution in [0.15, 0.2) is 107 Å². The lowest BCUT2D eigenvalue weighted by atomic mass is 10.0.